The predicted octanol–water partition coefficient (Wildman–Crippen LogP) is 2.70. The Morgan fingerprint density at radius 1 is 1.37 bits per heavy atom. The second-order valence-electron chi connectivity index (χ2n) is 4.16. The topological polar surface area (TPSA) is 66.0 Å². The molecule has 0 aliphatic heterocycles. The van der Waals surface area contributed by atoms with Gasteiger partial charge in [0, 0.05) is 0 Å². The number of aromatic hydroxyl groups is 1. The molecule has 19 heavy (non-hydrogen) atoms. The maximum Gasteiger partial charge on any atom is 0.262 e. The minimum Gasteiger partial charge on any atom is -0.493 e. The van der Waals surface area contributed by atoms with E-state index in [0.717, 1.165) is 11.3 Å². The van der Waals surface area contributed by atoms with E-state index in [4.69, 9.17) is 0 Å². The molecular weight excluding hydrogens is 260 g/mol. The van der Waals surface area contributed by atoms with Gasteiger partial charge in [-0.15, -0.1) is 0 Å². The van der Waals surface area contributed by atoms with Crippen molar-refractivity contribution >= 4 is 11.8 Å². The van der Waals surface area contributed by atoms with Crippen LogP contribution in [0.1, 0.15) is 18.3 Å². The molecule has 1 aromatic carbocycles. The fraction of sp³-hybridized carbons (Fsp3) is 0.286. The molecule has 0 atom stereocenters. The van der Waals surface area contributed by atoms with Crippen molar-refractivity contribution in [2.24, 2.45) is 0 Å². The molecule has 100 valence electrons. The Bertz CT molecular complexity index is 638. The van der Waals surface area contributed by atoms with Crippen molar-refractivity contribution < 1.29 is 5.11 Å². The first-order valence-electron chi connectivity index (χ1n) is 6.09. The lowest BCUT2D eigenvalue weighted by atomic mass is 10.0. The number of aromatic amines is 1. The summed E-state index contributed by atoms with van der Waals surface area (Å²) in [7, 11) is 0. The van der Waals surface area contributed by atoms with Gasteiger partial charge in [0.2, 0.25) is 5.88 Å². The number of benzene rings is 1. The van der Waals surface area contributed by atoms with E-state index in [-0.39, 0.29) is 17.0 Å². The fourth-order valence-corrected chi connectivity index (χ4v) is 2.40. The number of nitrogens with zero attached hydrogens (tertiary/aromatic N) is 1. The van der Waals surface area contributed by atoms with Crippen LogP contribution in [-0.2, 0) is 5.75 Å². The van der Waals surface area contributed by atoms with Crippen LogP contribution in [0, 0.1) is 6.92 Å². The summed E-state index contributed by atoms with van der Waals surface area (Å²) < 4.78 is 0. The van der Waals surface area contributed by atoms with E-state index in [0.29, 0.717) is 17.1 Å². The Morgan fingerprint density at radius 3 is 2.74 bits per heavy atom. The van der Waals surface area contributed by atoms with Crippen molar-refractivity contribution in [1.29, 1.82) is 0 Å². The standard InChI is InChI=1S/C14H16N2O2S/c1-3-19-8-11-15-13(17)12(14(18)16-11)10-7-5-4-6-9(10)2/h4-7H,3,8H2,1-2H3,(H2,15,16,17,18). The number of aromatic nitrogens is 2. The summed E-state index contributed by atoms with van der Waals surface area (Å²) in [5, 5.41) is 10.0. The van der Waals surface area contributed by atoms with Crippen molar-refractivity contribution in [3.05, 3.63) is 46.0 Å². The first-order chi connectivity index (χ1) is 9.13. The minimum absolute atomic E-state index is 0.204. The molecule has 0 saturated heterocycles. The van der Waals surface area contributed by atoms with E-state index < -0.39 is 0 Å². The molecule has 0 amide bonds. The summed E-state index contributed by atoms with van der Waals surface area (Å²) in [5.41, 5.74) is 1.58. The average molecular weight is 276 g/mol. The smallest absolute Gasteiger partial charge is 0.262 e. The summed E-state index contributed by atoms with van der Waals surface area (Å²) in [6.07, 6.45) is 0. The lowest BCUT2D eigenvalue weighted by molar-refractivity contribution is 0.451. The molecule has 4 nitrogen and oxygen atoms in total. The van der Waals surface area contributed by atoms with Gasteiger partial charge in [-0.2, -0.15) is 16.7 Å². The molecule has 2 aromatic rings. The van der Waals surface area contributed by atoms with Crippen LogP contribution in [0.3, 0.4) is 0 Å². The Kier molecular flexibility index (Phi) is 4.27. The van der Waals surface area contributed by atoms with E-state index in [9.17, 15) is 9.90 Å². The summed E-state index contributed by atoms with van der Waals surface area (Å²) >= 11 is 1.64. The number of nitrogens with one attached hydrogen (secondary N) is 1. The zero-order valence-electron chi connectivity index (χ0n) is 10.9. The van der Waals surface area contributed by atoms with E-state index in [1.807, 2.05) is 38.1 Å². The van der Waals surface area contributed by atoms with E-state index in [2.05, 4.69) is 9.97 Å². The monoisotopic (exact) mass is 276 g/mol. The van der Waals surface area contributed by atoms with Crippen LogP contribution in [0.5, 0.6) is 5.88 Å². The predicted molar refractivity (Wildman–Crippen MR) is 78.5 cm³/mol. The second kappa shape index (κ2) is 5.93. The molecule has 0 saturated carbocycles. The SMILES string of the molecule is CCSCc1nc(O)c(-c2ccccc2C)c(=O)[nH]1. The van der Waals surface area contributed by atoms with Gasteiger partial charge in [-0.25, -0.2) is 0 Å². The maximum atomic E-state index is 12.1. The molecule has 0 unspecified atom stereocenters. The van der Waals surface area contributed by atoms with Gasteiger partial charge in [-0.3, -0.25) is 4.79 Å². The number of thioether (sulfide) groups is 1. The third kappa shape index (κ3) is 2.98. The molecule has 1 aromatic heterocycles. The van der Waals surface area contributed by atoms with Crippen LogP contribution in [0.25, 0.3) is 11.1 Å². The van der Waals surface area contributed by atoms with Gasteiger partial charge < -0.3 is 10.1 Å². The Labute approximate surface area is 115 Å². The second-order valence-corrected chi connectivity index (χ2v) is 5.44. The van der Waals surface area contributed by atoms with Crippen LogP contribution < -0.4 is 5.56 Å². The quantitative estimate of drug-likeness (QED) is 0.901. The van der Waals surface area contributed by atoms with Gasteiger partial charge in [-0.05, 0) is 23.8 Å². The van der Waals surface area contributed by atoms with Crippen LogP contribution in [0.15, 0.2) is 29.1 Å². The van der Waals surface area contributed by atoms with Gasteiger partial charge in [0.15, 0.2) is 0 Å². The Balaban J connectivity index is 2.49. The van der Waals surface area contributed by atoms with Crippen LogP contribution in [0.2, 0.25) is 0 Å². The first kappa shape index (κ1) is 13.7. The molecule has 0 bridgehead atoms. The highest BCUT2D eigenvalue weighted by Crippen LogP contribution is 2.26. The van der Waals surface area contributed by atoms with Crippen molar-refractivity contribution in [1.82, 2.24) is 9.97 Å². The van der Waals surface area contributed by atoms with Gasteiger partial charge >= 0.3 is 0 Å². The van der Waals surface area contributed by atoms with E-state index >= 15 is 0 Å². The molecule has 0 spiro atoms. The number of hydrogen-bond acceptors (Lipinski definition) is 4. The third-order valence-corrected chi connectivity index (χ3v) is 3.69. The summed E-state index contributed by atoms with van der Waals surface area (Å²) in [5.74, 6) is 1.83. The van der Waals surface area contributed by atoms with Crippen molar-refractivity contribution in [2.75, 3.05) is 5.75 Å². The molecular formula is C14H16N2O2S. The lowest BCUT2D eigenvalue weighted by Crippen LogP contribution is -2.14. The zero-order chi connectivity index (χ0) is 13.8. The van der Waals surface area contributed by atoms with Crippen LogP contribution in [-0.4, -0.2) is 20.8 Å². The number of H-pyrrole nitrogens is 1. The average Bonchev–Trinajstić information content (AvgIpc) is 2.38. The third-order valence-electron chi connectivity index (χ3n) is 2.81. The number of hydrogen-bond donors (Lipinski definition) is 2. The van der Waals surface area contributed by atoms with Gasteiger partial charge in [0.25, 0.3) is 5.56 Å². The van der Waals surface area contributed by atoms with Gasteiger partial charge in [-0.1, -0.05) is 31.2 Å². The molecule has 5 heteroatoms. The summed E-state index contributed by atoms with van der Waals surface area (Å²) in [6.45, 7) is 3.93. The molecule has 0 aliphatic rings. The summed E-state index contributed by atoms with van der Waals surface area (Å²) in [6, 6.07) is 7.43. The highest BCUT2D eigenvalue weighted by molar-refractivity contribution is 7.98. The molecule has 0 fully saturated rings. The molecule has 0 radical (unpaired) electrons. The van der Waals surface area contributed by atoms with E-state index in [1.165, 1.54) is 0 Å². The minimum atomic E-state index is -0.298. The highest BCUT2D eigenvalue weighted by Gasteiger charge is 2.14. The summed E-state index contributed by atoms with van der Waals surface area (Å²) in [4.78, 5) is 18.9. The van der Waals surface area contributed by atoms with Crippen molar-refractivity contribution in [2.45, 2.75) is 19.6 Å². The van der Waals surface area contributed by atoms with E-state index in [1.54, 1.807) is 11.8 Å². The van der Waals surface area contributed by atoms with Gasteiger partial charge in [0.1, 0.15) is 11.4 Å². The lowest BCUT2D eigenvalue weighted by Gasteiger charge is -2.08. The highest BCUT2D eigenvalue weighted by atomic mass is 32.2. The molecule has 1 heterocycles. The fourth-order valence-electron chi connectivity index (χ4n) is 1.87. The van der Waals surface area contributed by atoms with Crippen molar-refractivity contribution in [3.63, 3.8) is 0 Å². The van der Waals surface area contributed by atoms with Crippen LogP contribution >= 0.6 is 11.8 Å². The molecule has 2 N–H and O–H groups in total. The van der Waals surface area contributed by atoms with Crippen LogP contribution in [0.4, 0.5) is 0 Å². The number of rotatable bonds is 4. The molecule has 0 aliphatic carbocycles. The maximum absolute atomic E-state index is 12.1. The largest absolute Gasteiger partial charge is 0.493 e. The van der Waals surface area contributed by atoms with Crippen molar-refractivity contribution in [3.8, 4) is 17.0 Å². The van der Waals surface area contributed by atoms with Gasteiger partial charge in [0.05, 0.1) is 5.75 Å². The normalized spacial score (nSPS) is 10.6. The molecule has 2 rings (SSSR count). The first-order valence-corrected chi connectivity index (χ1v) is 7.25. The zero-order valence-corrected chi connectivity index (χ0v) is 11.8. The Hall–Kier alpha value is -1.75. The Morgan fingerprint density at radius 2 is 2.11 bits per heavy atom. The number of aryl methyl sites for hydroxylation is 1.